The molecule has 25 heavy (non-hydrogen) atoms. The van der Waals surface area contributed by atoms with Gasteiger partial charge in [-0.15, -0.1) is 11.8 Å². The lowest BCUT2D eigenvalue weighted by atomic mass is 9.80. The topological polar surface area (TPSA) is 94.8 Å². The molecule has 0 bridgehead atoms. The number of allylic oxidation sites excluding steroid dienone is 1. The van der Waals surface area contributed by atoms with E-state index in [9.17, 15) is 14.7 Å². The van der Waals surface area contributed by atoms with Crippen LogP contribution >= 0.6 is 11.8 Å². The molecule has 0 aliphatic heterocycles. The van der Waals surface area contributed by atoms with E-state index in [4.69, 9.17) is 10.2 Å². The molecule has 6 heteroatoms. The summed E-state index contributed by atoms with van der Waals surface area (Å²) in [6.45, 7) is 2.20. The zero-order valence-electron chi connectivity index (χ0n) is 15.2. The molecule has 144 valence electrons. The number of aliphatic hydroxyl groups is 1. The zero-order valence-corrected chi connectivity index (χ0v) is 16.0. The standard InChI is InChI=1S/C19H32O5S/c1-2-3-4-5-6-7-8-9-14-10-11-15(12-16(20)21)18(24)19(14)25-13-17(22)23/h9,15,18-19,24H,2-8,10-13H2,1H3,(H,20,21)(H,22,23)/t15-,18-,19-/m0/s1. The number of aliphatic hydroxyl groups excluding tert-OH is 1. The van der Waals surface area contributed by atoms with E-state index in [0.29, 0.717) is 6.42 Å². The molecule has 1 rings (SSSR count). The van der Waals surface area contributed by atoms with Crippen molar-refractivity contribution in [2.24, 2.45) is 5.92 Å². The van der Waals surface area contributed by atoms with Crippen molar-refractivity contribution in [1.82, 2.24) is 0 Å². The van der Waals surface area contributed by atoms with Crippen LogP contribution in [0.4, 0.5) is 0 Å². The molecule has 0 spiro atoms. The number of hydrogen-bond donors (Lipinski definition) is 3. The Morgan fingerprint density at radius 3 is 2.44 bits per heavy atom. The predicted octanol–water partition coefficient (Wildman–Crippen LogP) is 4.10. The van der Waals surface area contributed by atoms with Crippen LogP contribution in [0.2, 0.25) is 0 Å². The van der Waals surface area contributed by atoms with E-state index >= 15 is 0 Å². The van der Waals surface area contributed by atoms with E-state index in [0.717, 1.165) is 24.8 Å². The number of hydrogen-bond acceptors (Lipinski definition) is 4. The summed E-state index contributed by atoms with van der Waals surface area (Å²) in [6, 6.07) is 0. The summed E-state index contributed by atoms with van der Waals surface area (Å²) in [4.78, 5) is 21.8. The monoisotopic (exact) mass is 372 g/mol. The maximum Gasteiger partial charge on any atom is 0.313 e. The fraction of sp³-hybridized carbons (Fsp3) is 0.789. The first-order valence-electron chi connectivity index (χ1n) is 9.37. The molecule has 1 aliphatic carbocycles. The first kappa shape index (κ1) is 22.0. The van der Waals surface area contributed by atoms with E-state index in [1.165, 1.54) is 43.9 Å². The van der Waals surface area contributed by atoms with Gasteiger partial charge in [0.2, 0.25) is 0 Å². The predicted molar refractivity (Wildman–Crippen MR) is 101 cm³/mol. The van der Waals surface area contributed by atoms with Crippen LogP contribution in [0, 0.1) is 5.92 Å². The lowest BCUT2D eigenvalue weighted by Crippen LogP contribution is -2.38. The Morgan fingerprint density at radius 1 is 1.12 bits per heavy atom. The van der Waals surface area contributed by atoms with Crippen LogP contribution in [0.15, 0.2) is 11.6 Å². The third-order valence-corrected chi connectivity index (χ3v) is 6.10. The van der Waals surface area contributed by atoms with Crippen molar-refractivity contribution >= 4 is 23.7 Å². The Bertz CT molecular complexity index is 449. The normalized spacial score (nSPS) is 25.2. The first-order valence-corrected chi connectivity index (χ1v) is 10.4. The molecule has 1 saturated carbocycles. The van der Waals surface area contributed by atoms with E-state index < -0.39 is 18.0 Å². The quantitative estimate of drug-likeness (QED) is 0.353. The average molecular weight is 373 g/mol. The van der Waals surface area contributed by atoms with Crippen LogP contribution in [0.3, 0.4) is 0 Å². The fourth-order valence-electron chi connectivity index (χ4n) is 3.38. The number of aliphatic carboxylic acids is 2. The second kappa shape index (κ2) is 12.4. The third kappa shape index (κ3) is 8.77. The second-order valence-electron chi connectivity index (χ2n) is 6.85. The summed E-state index contributed by atoms with van der Waals surface area (Å²) < 4.78 is 0. The Morgan fingerprint density at radius 2 is 1.80 bits per heavy atom. The SMILES string of the molecule is CCCCCCCCC=C1CC[C@@H](CC(=O)O)[C@H](O)[C@H]1SCC(=O)O. The summed E-state index contributed by atoms with van der Waals surface area (Å²) in [5, 5.41) is 28.2. The summed E-state index contributed by atoms with van der Waals surface area (Å²) in [5.41, 5.74) is 1.09. The Kier molecular flexibility index (Phi) is 10.9. The van der Waals surface area contributed by atoms with Gasteiger partial charge in [0, 0.05) is 0 Å². The number of unbranched alkanes of at least 4 members (excludes halogenated alkanes) is 6. The van der Waals surface area contributed by atoms with Gasteiger partial charge in [-0.05, 0) is 31.6 Å². The highest BCUT2D eigenvalue weighted by Crippen LogP contribution is 2.38. The first-order chi connectivity index (χ1) is 12.0. The van der Waals surface area contributed by atoms with Gasteiger partial charge in [-0.3, -0.25) is 9.59 Å². The van der Waals surface area contributed by atoms with Crippen molar-refractivity contribution in [3.05, 3.63) is 11.6 Å². The largest absolute Gasteiger partial charge is 0.481 e. The van der Waals surface area contributed by atoms with Gasteiger partial charge in [-0.2, -0.15) is 0 Å². The highest BCUT2D eigenvalue weighted by atomic mass is 32.2. The van der Waals surface area contributed by atoms with Gasteiger partial charge in [0.25, 0.3) is 0 Å². The molecule has 0 radical (unpaired) electrons. The van der Waals surface area contributed by atoms with Crippen LogP contribution in [-0.4, -0.2) is 44.4 Å². The molecule has 3 N–H and O–H groups in total. The van der Waals surface area contributed by atoms with Gasteiger partial charge in [0.05, 0.1) is 23.5 Å². The van der Waals surface area contributed by atoms with Crippen molar-refractivity contribution in [2.45, 2.75) is 82.5 Å². The molecule has 0 heterocycles. The van der Waals surface area contributed by atoms with E-state index in [1.54, 1.807) is 0 Å². The van der Waals surface area contributed by atoms with E-state index in [2.05, 4.69) is 13.0 Å². The number of rotatable bonds is 12. The third-order valence-electron chi connectivity index (χ3n) is 4.75. The molecular formula is C19H32O5S. The minimum absolute atomic E-state index is 0.0595. The minimum atomic E-state index is -0.912. The molecule has 0 aromatic rings. The minimum Gasteiger partial charge on any atom is -0.481 e. The van der Waals surface area contributed by atoms with Gasteiger partial charge in [-0.25, -0.2) is 0 Å². The number of carboxylic acids is 2. The van der Waals surface area contributed by atoms with Gasteiger partial charge in [0.1, 0.15) is 0 Å². The average Bonchev–Trinajstić information content (AvgIpc) is 2.55. The summed E-state index contributed by atoms with van der Waals surface area (Å²) in [7, 11) is 0. The number of carboxylic acid groups (broad SMARTS) is 2. The van der Waals surface area contributed by atoms with Crippen LogP contribution < -0.4 is 0 Å². The van der Waals surface area contributed by atoms with E-state index in [-0.39, 0.29) is 23.3 Å². The van der Waals surface area contributed by atoms with Crippen molar-refractivity contribution < 1.29 is 24.9 Å². The second-order valence-corrected chi connectivity index (χ2v) is 7.98. The lowest BCUT2D eigenvalue weighted by molar-refractivity contribution is -0.139. The van der Waals surface area contributed by atoms with Crippen molar-refractivity contribution in [3.8, 4) is 0 Å². The fourth-order valence-corrected chi connectivity index (χ4v) is 4.55. The van der Waals surface area contributed by atoms with E-state index in [1.807, 2.05) is 0 Å². The smallest absolute Gasteiger partial charge is 0.313 e. The van der Waals surface area contributed by atoms with Gasteiger partial charge < -0.3 is 15.3 Å². The maximum atomic E-state index is 11.0. The van der Waals surface area contributed by atoms with Gasteiger partial charge >= 0.3 is 11.9 Å². The molecule has 0 amide bonds. The van der Waals surface area contributed by atoms with Gasteiger partial charge in [0.15, 0.2) is 0 Å². The molecule has 1 fully saturated rings. The van der Waals surface area contributed by atoms with Gasteiger partial charge in [-0.1, -0.05) is 50.7 Å². The molecule has 0 saturated heterocycles. The Hall–Kier alpha value is -1.01. The summed E-state index contributed by atoms with van der Waals surface area (Å²) >= 11 is 1.22. The highest BCUT2D eigenvalue weighted by Gasteiger charge is 2.36. The molecular weight excluding hydrogens is 340 g/mol. The number of thioether (sulfide) groups is 1. The molecule has 0 aromatic carbocycles. The number of carbonyl (C=O) groups is 2. The maximum absolute atomic E-state index is 11.0. The van der Waals surface area contributed by atoms with Crippen LogP contribution in [0.1, 0.15) is 71.1 Å². The van der Waals surface area contributed by atoms with Crippen LogP contribution in [0.5, 0.6) is 0 Å². The molecule has 1 aliphatic rings. The highest BCUT2D eigenvalue weighted by molar-refractivity contribution is 8.00. The summed E-state index contributed by atoms with van der Waals surface area (Å²) in [6.07, 6.45) is 11.0. The van der Waals surface area contributed by atoms with Crippen molar-refractivity contribution in [3.63, 3.8) is 0 Å². The van der Waals surface area contributed by atoms with Crippen LogP contribution in [0.25, 0.3) is 0 Å². The Balaban J connectivity index is 2.57. The summed E-state index contributed by atoms with van der Waals surface area (Å²) in [5.74, 6) is -2.19. The van der Waals surface area contributed by atoms with Crippen molar-refractivity contribution in [1.29, 1.82) is 0 Å². The molecule has 0 aromatic heterocycles. The van der Waals surface area contributed by atoms with Crippen LogP contribution in [-0.2, 0) is 9.59 Å². The Labute approximate surface area is 154 Å². The lowest BCUT2D eigenvalue weighted by Gasteiger charge is -2.36. The molecule has 0 unspecified atom stereocenters. The van der Waals surface area contributed by atoms with Crippen molar-refractivity contribution in [2.75, 3.05) is 5.75 Å². The molecule has 3 atom stereocenters. The molecule has 5 nitrogen and oxygen atoms in total. The zero-order chi connectivity index (χ0) is 18.7.